The number of H-pyrrole nitrogens is 1. The smallest absolute Gasteiger partial charge is 0.441 e. The summed E-state index contributed by atoms with van der Waals surface area (Å²) in [4.78, 5) is 42.9. The Bertz CT molecular complexity index is 1370. The molecule has 6 atom stereocenters. The van der Waals surface area contributed by atoms with Gasteiger partial charge in [0.2, 0.25) is 0 Å². The maximum Gasteiger partial charge on any atom is 0.693 e. The van der Waals surface area contributed by atoms with Crippen LogP contribution in [0.25, 0.3) is 0 Å². The second-order valence-corrected chi connectivity index (χ2v) is 10.0. The van der Waals surface area contributed by atoms with E-state index in [1.165, 1.54) is 30.3 Å². The number of carbonyl (C=O) groups is 1. The number of carbonyl (C=O) groups excluding carboxylic acids is 1. The number of hydroxylamine groups is 1. The zero-order chi connectivity index (χ0) is 31.6. The van der Waals surface area contributed by atoms with Crippen molar-refractivity contribution < 1.29 is 64.0 Å². The average Bonchev–Trinajstić information content (AvgIpc) is 3.09. The zero-order valence-corrected chi connectivity index (χ0v) is 22.2. The molecule has 1 aromatic carbocycles. The van der Waals surface area contributed by atoms with Gasteiger partial charge in [0.25, 0.3) is 11.7 Å². The van der Waals surface area contributed by atoms with Crippen LogP contribution in [0.4, 0.5) is 30.7 Å². The van der Waals surface area contributed by atoms with Gasteiger partial charge >= 0.3 is 32.2 Å². The van der Waals surface area contributed by atoms with Crippen LogP contribution in [0, 0.1) is 0 Å². The van der Waals surface area contributed by atoms with Crippen LogP contribution in [0.1, 0.15) is 20.1 Å². The van der Waals surface area contributed by atoms with Crippen molar-refractivity contribution in [3.05, 3.63) is 63.4 Å². The van der Waals surface area contributed by atoms with Crippen LogP contribution in [0.2, 0.25) is 0 Å². The fourth-order valence-electron chi connectivity index (χ4n) is 3.65. The Labute approximate surface area is 231 Å². The minimum absolute atomic E-state index is 0.0552. The van der Waals surface area contributed by atoms with Crippen molar-refractivity contribution in [3.63, 3.8) is 0 Å². The number of aromatic amines is 1. The average molecular weight is 636 g/mol. The molecule has 1 aliphatic heterocycles. The summed E-state index contributed by atoms with van der Waals surface area (Å²) in [6.07, 6.45) is -21.5. The molecule has 0 aliphatic carbocycles. The summed E-state index contributed by atoms with van der Waals surface area (Å²) in [5, 5.41) is 10.5. The Hall–Kier alpha value is -3.38. The van der Waals surface area contributed by atoms with E-state index in [2.05, 4.69) is 4.74 Å². The van der Waals surface area contributed by atoms with Crippen molar-refractivity contribution in [2.45, 2.75) is 62.5 Å². The van der Waals surface area contributed by atoms with Crippen LogP contribution in [-0.2, 0) is 23.7 Å². The van der Waals surface area contributed by atoms with Gasteiger partial charge in [-0.2, -0.15) is 26.3 Å². The SMILES string of the molecule is CC(C(=O)OC(C(F)(F)F)C(F)(F)F)N(OC[C@H]1O[C@@H](n2ccc(=O)[nH]c2=O)[C@](C)(F)[C@@H]1O)[P+](=O)Oc1ccccc1. The van der Waals surface area contributed by atoms with Crippen molar-refractivity contribution >= 4 is 14.1 Å². The minimum atomic E-state index is -6.05. The summed E-state index contributed by atoms with van der Waals surface area (Å²) in [5.74, 6) is -2.31. The molecule has 0 spiro atoms. The summed E-state index contributed by atoms with van der Waals surface area (Å²) in [6.45, 7) is 0.487. The fraction of sp³-hybridized carbons (Fsp3) is 0.500. The van der Waals surface area contributed by atoms with E-state index in [1.54, 1.807) is 0 Å². The molecular weight excluding hydrogens is 614 g/mol. The molecule has 1 saturated heterocycles. The summed E-state index contributed by atoms with van der Waals surface area (Å²) >= 11 is 0. The number of benzene rings is 1. The first-order chi connectivity index (χ1) is 19.3. The van der Waals surface area contributed by atoms with Crippen molar-refractivity contribution in [1.29, 1.82) is 0 Å². The molecule has 232 valence electrons. The van der Waals surface area contributed by atoms with Crippen molar-refractivity contribution in [2.24, 2.45) is 0 Å². The standard InChI is InChI=1S/C22H21F7N3O9P/c1-11(16(35)40-17(21(24,25)26)22(27,28)29)32(42(37)41-12-6-4-3-5-7-12)38-10-13-15(34)20(2,23)18(39-13)31-9-8-14(33)30-19(31)36/h3-9,11,13,15,17-18,34H,10H2,1-2H3/p+1/t11?,13-,15-,18-,20-/m1/s1. The predicted molar refractivity (Wildman–Crippen MR) is 125 cm³/mol. The lowest BCUT2D eigenvalue weighted by Crippen LogP contribution is -2.49. The summed E-state index contributed by atoms with van der Waals surface area (Å²) < 4.78 is 121. The highest BCUT2D eigenvalue weighted by Gasteiger charge is 2.61. The Kier molecular flexibility index (Phi) is 9.83. The lowest BCUT2D eigenvalue weighted by Gasteiger charge is -2.25. The first kappa shape index (κ1) is 33.1. The van der Waals surface area contributed by atoms with E-state index in [0.717, 1.165) is 19.2 Å². The van der Waals surface area contributed by atoms with Crippen molar-refractivity contribution in [2.75, 3.05) is 6.61 Å². The number of aromatic nitrogens is 2. The molecule has 12 nitrogen and oxygen atoms in total. The number of hydrogen-bond donors (Lipinski definition) is 2. The van der Waals surface area contributed by atoms with Gasteiger partial charge in [-0.05, 0) is 26.0 Å². The number of para-hydroxylation sites is 1. The van der Waals surface area contributed by atoms with Gasteiger partial charge in [-0.15, -0.1) is 0 Å². The van der Waals surface area contributed by atoms with E-state index < -0.39 is 80.6 Å². The molecule has 1 fully saturated rings. The molecule has 2 heterocycles. The van der Waals surface area contributed by atoms with Crippen molar-refractivity contribution in [1.82, 2.24) is 14.4 Å². The van der Waals surface area contributed by atoms with Crippen LogP contribution in [-0.4, -0.2) is 74.4 Å². The molecule has 0 amide bonds. The molecule has 0 saturated carbocycles. The monoisotopic (exact) mass is 636 g/mol. The van der Waals surface area contributed by atoms with E-state index >= 15 is 4.39 Å². The van der Waals surface area contributed by atoms with Crippen LogP contribution < -0.4 is 15.8 Å². The van der Waals surface area contributed by atoms with Gasteiger partial charge in [-0.25, -0.2) is 13.7 Å². The number of nitrogens with zero attached hydrogens (tertiary/aromatic N) is 2. The highest BCUT2D eigenvalue weighted by Crippen LogP contribution is 2.42. The number of esters is 1. The maximum absolute atomic E-state index is 15.4. The number of nitrogens with one attached hydrogen (secondary N) is 1. The van der Waals surface area contributed by atoms with Gasteiger partial charge in [0.1, 0.15) is 18.8 Å². The van der Waals surface area contributed by atoms with Crippen LogP contribution in [0.15, 0.2) is 52.2 Å². The largest absolute Gasteiger partial charge is 0.693 e. The van der Waals surface area contributed by atoms with Gasteiger partial charge in [0.15, 0.2) is 23.7 Å². The molecule has 3 rings (SSSR count). The number of rotatable bonds is 10. The quantitative estimate of drug-likeness (QED) is 0.173. The van der Waals surface area contributed by atoms with Gasteiger partial charge in [0, 0.05) is 16.8 Å². The second-order valence-electron chi connectivity index (χ2n) is 8.96. The lowest BCUT2D eigenvalue weighted by atomic mass is 9.98. The first-order valence-electron chi connectivity index (χ1n) is 11.6. The number of aliphatic hydroxyl groups is 1. The van der Waals surface area contributed by atoms with E-state index in [1.807, 2.05) is 4.98 Å². The number of alkyl halides is 7. The summed E-state index contributed by atoms with van der Waals surface area (Å²) in [5.41, 5.74) is -4.68. The lowest BCUT2D eigenvalue weighted by molar-refractivity contribution is -0.315. The zero-order valence-electron chi connectivity index (χ0n) is 21.3. The Balaban J connectivity index is 1.85. The third-order valence-electron chi connectivity index (χ3n) is 5.78. The molecule has 2 unspecified atom stereocenters. The number of ether oxygens (including phenoxy) is 2. The third kappa shape index (κ3) is 7.52. The molecule has 20 heteroatoms. The Morgan fingerprint density at radius 1 is 1.17 bits per heavy atom. The predicted octanol–water partition coefficient (Wildman–Crippen LogP) is 2.92. The van der Waals surface area contributed by atoms with Crippen molar-refractivity contribution in [3.8, 4) is 5.75 Å². The summed E-state index contributed by atoms with van der Waals surface area (Å²) in [6, 6.07) is 5.49. The number of hydrogen-bond acceptors (Lipinski definition) is 9. The van der Waals surface area contributed by atoms with Crippen LogP contribution in [0.3, 0.4) is 0 Å². The highest BCUT2D eigenvalue weighted by atomic mass is 31.1. The van der Waals surface area contributed by atoms with Crippen LogP contribution in [0.5, 0.6) is 5.75 Å². The Morgan fingerprint density at radius 2 is 1.76 bits per heavy atom. The molecule has 2 N–H and O–H groups in total. The Morgan fingerprint density at radius 3 is 2.31 bits per heavy atom. The molecule has 1 aliphatic rings. The van der Waals surface area contributed by atoms with Gasteiger partial charge < -0.3 is 14.6 Å². The molecular formula is C22H22F7N3O9P+. The van der Waals surface area contributed by atoms with E-state index in [0.29, 0.717) is 11.5 Å². The second kappa shape index (κ2) is 12.5. The van der Waals surface area contributed by atoms with Gasteiger partial charge in [-0.1, -0.05) is 18.2 Å². The molecule has 0 bridgehead atoms. The third-order valence-corrected chi connectivity index (χ3v) is 6.93. The normalized spacial score (nSPS) is 24.1. The minimum Gasteiger partial charge on any atom is -0.441 e. The molecule has 0 radical (unpaired) electrons. The van der Waals surface area contributed by atoms with Gasteiger partial charge in [-0.3, -0.25) is 24.0 Å². The molecule has 42 heavy (non-hydrogen) atoms. The summed E-state index contributed by atoms with van der Waals surface area (Å²) in [7, 11) is -3.42. The number of halogens is 7. The number of aliphatic hydroxyl groups excluding tert-OH is 1. The van der Waals surface area contributed by atoms with Crippen LogP contribution >= 0.6 is 8.18 Å². The molecule has 1 aromatic heterocycles. The van der Waals surface area contributed by atoms with E-state index in [9.17, 15) is 50.4 Å². The molecule has 2 aromatic rings. The maximum atomic E-state index is 15.4. The fourth-order valence-corrected chi connectivity index (χ4v) is 4.57. The van der Waals surface area contributed by atoms with Gasteiger partial charge in [0.05, 0.1) is 4.83 Å². The highest BCUT2D eigenvalue weighted by molar-refractivity contribution is 7.36. The van der Waals surface area contributed by atoms with E-state index in [-0.39, 0.29) is 10.6 Å². The topological polar surface area (TPSA) is 149 Å². The van der Waals surface area contributed by atoms with E-state index in [4.69, 9.17) is 14.1 Å². The first-order valence-corrected chi connectivity index (χ1v) is 12.8.